The van der Waals surface area contributed by atoms with Crippen molar-refractivity contribution in [2.75, 3.05) is 6.61 Å². The molecule has 0 aromatic heterocycles. The summed E-state index contributed by atoms with van der Waals surface area (Å²) in [7, 11) is 0. The molecule has 0 spiro atoms. The third-order valence-corrected chi connectivity index (χ3v) is 4.89. The lowest BCUT2D eigenvalue weighted by atomic mass is 9.98. The van der Waals surface area contributed by atoms with Crippen molar-refractivity contribution in [3.05, 3.63) is 63.6 Å². The number of para-hydroxylation sites is 1. The molecule has 0 aliphatic rings. The summed E-state index contributed by atoms with van der Waals surface area (Å²) >= 11 is 16.8. The van der Waals surface area contributed by atoms with Crippen molar-refractivity contribution in [3.63, 3.8) is 0 Å². The molecule has 0 aliphatic heterocycles. The predicted molar refractivity (Wildman–Crippen MR) is 118 cm³/mol. The van der Waals surface area contributed by atoms with Crippen LogP contribution in [0, 0.1) is 0 Å². The van der Waals surface area contributed by atoms with Crippen molar-refractivity contribution < 1.29 is 14.3 Å². The van der Waals surface area contributed by atoms with Gasteiger partial charge in [0, 0.05) is 5.02 Å². The van der Waals surface area contributed by atoms with Crippen molar-refractivity contribution in [1.29, 1.82) is 0 Å². The van der Waals surface area contributed by atoms with Crippen LogP contribution in [0.3, 0.4) is 0 Å². The first-order valence-corrected chi connectivity index (χ1v) is 10.0. The van der Waals surface area contributed by atoms with Gasteiger partial charge in [0.1, 0.15) is 5.75 Å². The van der Waals surface area contributed by atoms with Gasteiger partial charge < -0.3 is 4.74 Å². The Morgan fingerprint density at radius 1 is 1.14 bits per heavy atom. The van der Waals surface area contributed by atoms with E-state index in [1.54, 1.807) is 0 Å². The van der Waals surface area contributed by atoms with Crippen LogP contribution in [0.5, 0.6) is 5.75 Å². The number of nitrogens with one attached hydrogen (secondary N) is 3. The number of benzene rings is 2. The molecule has 1 unspecified atom stereocenters. The van der Waals surface area contributed by atoms with Crippen LogP contribution in [-0.4, -0.2) is 23.5 Å². The van der Waals surface area contributed by atoms with Gasteiger partial charge in [-0.15, -0.1) is 0 Å². The summed E-state index contributed by atoms with van der Waals surface area (Å²) in [4.78, 5) is 24.2. The number of halogens is 2. The number of rotatable bonds is 6. The van der Waals surface area contributed by atoms with Gasteiger partial charge in [0.25, 0.3) is 11.8 Å². The predicted octanol–water partition coefficient (Wildman–Crippen LogP) is 4.22. The van der Waals surface area contributed by atoms with Crippen molar-refractivity contribution in [1.82, 2.24) is 16.2 Å². The summed E-state index contributed by atoms with van der Waals surface area (Å²) in [5, 5.41) is 2.93. The molecule has 0 radical (unpaired) electrons. The van der Waals surface area contributed by atoms with Gasteiger partial charge in [0.05, 0.1) is 10.6 Å². The maximum absolute atomic E-state index is 12.2. The van der Waals surface area contributed by atoms with E-state index in [0.717, 1.165) is 12.0 Å². The van der Waals surface area contributed by atoms with Crippen LogP contribution in [0.2, 0.25) is 10.0 Å². The number of ether oxygens (including phenoxy) is 1. The Morgan fingerprint density at radius 2 is 1.86 bits per heavy atom. The van der Waals surface area contributed by atoms with E-state index in [9.17, 15) is 9.59 Å². The highest BCUT2D eigenvalue weighted by atomic mass is 35.5. The fraction of sp³-hybridized carbons (Fsp3) is 0.250. The lowest BCUT2D eigenvalue weighted by Crippen LogP contribution is -2.49. The minimum atomic E-state index is -0.530. The second kappa shape index (κ2) is 11.0. The Kier molecular flexibility index (Phi) is 8.70. The second-order valence-corrected chi connectivity index (χ2v) is 7.47. The molecule has 3 N–H and O–H groups in total. The van der Waals surface area contributed by atoms with Crippen LogP contribution >= 0.6 is 35.4 Å². The molecule has 0 saturated heterocycles. The van der Waals surface area contributed by atoms with Crippen LogP contribution in [0.4, 0.5) is 0 Å². The highest BCUT2D eigenvalue weighted by Gasteiger charge is 2.14. The van der Waals surface area contributed by atoms with Crippen LogP contribution in [0.25, 0.3) is 0 Å². The van der Waals surface area contributed by atoms with Gasteiger partial charge in [-0.3, -0.25) is 25.8 Å². The molecule has 6 nitrogen and oxygen atoms in total. The minimum Gasteiger partial charge on any atom is -0.483 e. The number of amides is 2. The van der Waals surface area contributed by atoms with Crippen molar-refractivity contribution in [3.8, 4) is 5.75 Å². The van der Waals surface area contributed by atoms with Crippen molar-refractivity contribution in [2.45, 2.75) is 26.2 Å². The average Bonchev–Trinajstić information content (AvgIpc) is 2.70. The third-order valence-electron chi connectivity index (χ3n) is 4.14. The highest BCUT2D eigenvalue weighted by molar-refractivity contribution is 7.80. The Hall–Kier alpha value is -2.35. The molecule has 0 bridgehead atoms. The molecule has 0 saturated carbocycles. The van der Waals surface area contributed by atoms with Gasteiger partial charge in [0.15, 0.2) is 11.7 Å². The van der Waals surface area contributed by atoms with E-state index in [1.807, 2.05) is 24.3 Å². The topological polar surface area (TPSA) is 79.5 Å². The molecule has 9 heteroatoms. The van der Waals surface area contributed by atoms with E-state index in [4.69, 9.17) is 40.2 Å². The summed E-state index contributed by atoms with van der Waals surface area (Å²) < 4.78 is 5.62. The summed E-state index contributed by atoms with van der Waals surface area (Å²) in [6.45, 7) is 3.97. The molecular formula is C20H21Cl2N3O3S. The zero-order chi connectivity index (χ0) is 21.4. The van der Waals surface area contributed by atoms with Crippen LogP contribution in [0.1, 0.15) is 42.1 Å². The quantitative estimate of drug-likeness (QED) is 0.450. The largest absolute Gasteiger partial charge is 0.483 e. The van der Waals surface area contributed by atoms with E-state index >= 15 is 0 Å². The zero-order valence-corrected chi connectivity index (χ0v) is 18.3. The minimum absolute atomic E-state index is 0.0885. The molecule has 2 amide bonds. The SMILES string of the molecule is CCC(C)c1ccccc1OCC(=O)NNC(=S)NC(=O)c1ccc(Cl)cc1Cl. The lowest BCUT2D eigenvalue weighted by molar-refractivity contribution is -0.123. The fourth-order valence-electron chi connectivity index (χ4n) is 2.42. The Morgan fingerprint density at radius 3 is 2.55 bits per heavy atom. The summed E-state index contributed by atoms with van der Waals surface area (Å²) in [6.07, 6.45) is 0.958. The molecule has 154 valence electrons. The van der Waals surface area contributed by atoms with Crippen LogP contribution < -0.4 is 20.9 Å². The number of hydrogen-bond acceptors (Lipinski definition) is 4. The normalized spacial score (nSPS) is 11.3. The molecule has 29 heavy (non-hydrogen) atoms. The lowest BCUT2D eigenvalue weighted by Gasteiger charge is -2.16. The second-order valence-electron chi connectivity index (χ2n) is 6.22. The zero-order valence-electron chi connectivity index (χ0n) is 15.9. The van der Waals surface area contributed by atoms with Gasteiger partial charge in [-0.1, -0.05) is 55.2 Å². The van der Waals surface area contributed by atoms with E-state index in [2.05, 4.69) is 30.0 Å². The Labute approximate surface area is 184 Å². The summed E-state index contributed by atoms with van der Waals surface area (Å²) in [5.41, 5.74) is 6.07. The van der Waals surface area contributed by atoms with E-state index < -0.39 is 11.8 Å². The maximum atomic E-state index is 12.2. The molecule has 2 aromatic carbocycles. The Balaban J connectivity index is 1.82. The van der Waals surface area contributed by atoms with Crippen LogP contribution in [-0.2, 0) is 4.79 Å². The third kappa shape index (κ3) is 6.88. The molecule has 2 aromatic rings. The first kappa shape index (κ1) is 22.9. The first-order chi connectivity index (χ1) is 13.8. The fourth-order valence-corrected chi connectivity index (χ4v) is 3.06. The summed E-state index contributed by atoms with van der Waals surface area (Å²) in [6, 6.07) is 12.0. The van der Waals surface area contributed by atoms with Gasteiger partial charge in [-0.05, 0) is 54.4 Å². The first-order valence-electron chi connectivity index (χ1n) is 8.88. The van der Waals surface area contributed by atoms with Gasteiger partial charge in [0.2, 0.25) is 0 Å². The van der Waals surface area contributed by atoms with E-state index in [1.165, 1.54) is 18.2 Å². The van der Waals surface area contributed by atoms with Gasteiger partial charge in [-0.2, -0.15) is 0 Å². The number of carbonyl (C=O) groups is 2. The number of carbonyl (C=O) groups excluding carboxylic acids is 2. The summed E-state index contributed by atoms with van der Waals surface area (Å²) in [5.74, 6) is -0.0117. The molecule has 0 aliphatic carbocycles. The average molecular weight is 454 g/mol. The van der Waals surface area contributed by atoms with E-state index in [0.29, 0.717) is 16.7 Å². The molecule has 0 heterocycles. The van der Waals surface area contributed by atoms with Crippen molar-refractivity contribution in [2.24, 2.45) is 0 Å². The molecule has 1 atom stereocenters. The Bertz CT molecular complexity index is 908. The number of hydrogen-bond donors (Lipinski definition) is 3. The van der Waals surface area contributed by atoms with Crippen molar-refractivity contribution >= 4 is 52.3 Å². The molecular weight excluding hydrogens is 433 g/mol. The van der Waals surface area contributed by atoms with Gasteiger partial charge >= 0.3 is 0 Å². The van der Waals surface area contributed by atoms with Gasteiger partial charge in [-0.25, -0.2) is 0 Å². The van der Waals surface area contributed by atoms with E-state index in [-0.39, 0.29) is 22.3 Å². The van der Waals surface area contributed by atoms with Crippen LogP contribution in [0.15, 0.2) is 42.5 Å². The molecule has 0 fully saturated rings. The maximum Gasteiger partial charge on any atom is 0.276 e. The standard InChI is InChI=1S/C20H21Cl2N3O3S/c1-3-12(2)14-6-4-5-7-17(14)28-11-18(26)24-25-20(29)23-19(27)15-9-8-13(21)10-16(15)22/h4-10,12H,3,11H2,1-2H3,(H,24,26)(H2,23,25,27,29). The number of thiocarbonyl (C=S) groups is 1. The number of hydrazine groups is 1. The highest BCUT2D eigenvalue weighted by Crippen LogP contribution is 2.28. The smallest absolute Gasteiger partial charge is 0.276 e. The monoisotopic (exact) mass is 453 g/mol. The molecule has 2 rings (SSSR count).